The Morgan fingerprint density at radius 2 is 1.61 bits per heavy atom. The first-order valence-corrected chi connectivity index (χ1v) is 8.56. The zero-order valence-corrected chi connectivity index (χ0v) is 14.2. The van der Waals surface area contributed by atoms with Gasteiger partial charge in [0.2, 0.25) is 0 Å². The fourth-order valence-corrected chi connectivity index (χ4v) is 2.66. The van der Waals surface area contributed by atoms with E-state index in [2.05, 4.69) is 19.2 Å². The van der Waals surface area contributed by atoms with Crippen LogP contribution in [0, 0.1) is 0 Å². The number of nitrogens with zero attached hydrogens (tertiary/aromatic N) is 2. The summed E-state index contributed by atoms with van der Waals surface area (Å²) >= 11 is 0. The number of benzene rings is 1. The van der Waals surface area contributed by atoms with Crippen LogP contribution < -0.4 is 5.32 Å². The molecule has 23 heavy (non-hydrogen) atoms. The van der Waals surface area contributed by atoms with Crippen molar-refractivity contribution >= 4 is 11.9 Å². The molecule has 1 saturated heterocycles. The highest BCUT2D eigenvalue weighted by Crippen LogP contribution is 2.11. The van der Waals surface area contributed by atoms with Crippen molar-refractivity contribution in [1.82, 2.24) is 15.1 Å². The predicted molar refractivity (Wildman–Crippen MR) is 91.6 cm³/mol. The summed E-state index contributed by atoms with van der Waals surface area (Å²) in [5.41, 5.74) is 1.96. The largest absolute Gasteiger partial charge is 0.338 e. The van der Waals surface area contributed by atoms with Crippen LogP contribution >= 0.6 is 0 Å². The van der Waals surface area contributed by atoms with E-state index in [9.17, 15) is 9.59 Å². The molecular weight excluding hydrogens is 290 g/mol. The summed E-state index contributed by atoms with van der Waals surface area (Å²) in [7, 11) is 0. The smallest absolute Gasteiger partial charge is 0.317 e. The van der Waals surface area contributed by atoms with Crippen LogP contribution in [0.3, 0.4) is 0 Å². The zero-order valence-electron chi connectivity index (χ0n) is 14.2. The average molecular weight is 317 g/mol. The Hall–Kier alpha value is -2.04. The molecule has 0 radical (unpaired) electrons. The van der Waals surface area contributed by atoms with Crippen LogP contribution in [0.2, 0.25) is 0 Å². The van der Waals surface area contributed by atoms with Gasteiger partial charge in [-0.25, -0.2) is 4.79 Å². The van der Waals surface area contributed by atoms with Crippen molar-refractivity contribution in [3.8, 4) is 0 Å². The first-order valence-electron chi connectivity index (χ1n) is 8.56. The van der Waals surface area contributed by atoms with Gasteiger partial charge in [-0.15, -0.1) is 0 Å². The molecule has 0 spiro atoms. The molecular formula is C18H27N3O2. The SMILES string of the molecule is CCCCNC(=O)N1CCN(C(=O)c2ccc(CC)cc2)CC1. The van der Waals surface area contributed by atoms with Crippen molar-refractivity contribution in [2.75, 3.05) is 32.7 Å². The monoisotopic (exact) mass is 317 g/mol. The van der Waals surface area contributed by atoms with E-state index in [0.29, 0.717) is 26.2 Å². The van der Waals surface area contributed by atoms with Gasteiger partial charge in [0.15, 0.2) is 0 Å². The number of hydrogen-bond donors (Lipinski definition) is 1. The Bertz CT molecular complexity index is 520. The third kappa shape index (κ3) is 4.71. The molecule has 1 aromatic carbocycles. The van der Waals surface area contributed by atoms with E-state index in [1.807, 2.05) is 29.2 Å². The molecule has 0 aliphatic carbocycles. The molecule has 1 aliphatic rings. The van der Waals surface area contributed by atoms with Crippen molar-refractivity contribution in [3.05, 3.63) is 35.4 Å². The van der Waals surface area contributed by atoms with Gasteiger partial charge in [0, 0.05) is 38.3 Å². The van der Waals surface area contributed by atoms with Crippen LogP contribution in [0.15, 0.2) is 24.3 Å². The number of aryl methyl sites for hydroxylation is 1. The maximum Gasteiger partial charge on any atom is 0.317 e. The highest BCUT2D eigenvalue weighted by molar-refractivity contribution is 5.94. The fraction of sp³-hybridized carbons (Fsp3) is 0.556. The summed E-state index contributed by atoms with van der Waals surface area (Å²) in [6.07, 6.45) is 3.04. The third-order valence-electron chi connectivity index (χ3n) is 4.27. The van der Waals surface area contributed by atoms with Crippen molar-refractivity contribution in [2.24, 2.45) is 0 Å². The molecule has 2 rings (SSSR count). The number of piperazine rings is 1. The van der Waals surface area contributed by atoms with Crippen molar-refractivity contribution in [3.63, 3.8) is 0 Å². The van der Waals surface area contributed by atoms with E-state index in [4.69, 9.17) is 0 Å². The number of rotatable bonds is 5. The highest BCUT2D eigenvalue weighted by atomic mass is 16.2. The van der Waals surface area contributed by atoms with E-state index < -0.39 is 0 Å². The van der Waals surface area contributed by atoms with Crippen LogP contribution in [0.5, 0.6) is 0 Å². The first-order chi connectivity index (χ1) is 11.2. The summed E-state index contributed by atoms with van der Waals surface area (Å²) in [6.45, 7) is 7.29. The highest BCUT2D eigenvalue weighted by Gasteiger charge is 2.24. The van der Waals surface area contributed by atoms with E-state index in [1.54, 1.807) is 4.90 Å². The van der Waals surface area contributed by atoms with Gasteiger partial charge in [-0.05, 0) is 30.5 Å². The Kier molecular flexibility index (Phi) is 6.44. The molecule has 5 heteroatoms. The fourth-order valence-electron chi connectivity index (χ4n) is 2.66. The molecule has 1 heterocycles. The van der Waals surface area contributed by atoms with Crippen LogP contribution in [0.25, 0.3) is 0 Å². The lowest BCUT2D eigenvalue weighted by molar-refractivity contribution is 0.0665. The molecule has 0 atom stereocenters. The number of unbranched alkanes of at least 4 members (excludes halogenated alkanes) is 1. The van der Waals surface area contributed by atoms with Crippen molar-refractivity contribution in [1.29, 1.82) is 0 Å². The molecule has 5 nitrogen and oxygen atoms in total. The lowest BCUT2D eigenvalue weighted by Crippen LogP contribution is -2.53. The summed E-state index contributed by atoms with van der Waals surface area (Å²) in [5, 5.41) is 2.93. The number of hydrogen-bond acceptors (Lipinski definition) is 2. The molecule has 126 valence electrons. The normalized spacial score (nSPS) is 14.7. The lowest BCUT2D eigenvalue weighted by atomic mass is 10.1. The summed E-state index contributed by atoms with van der Waals surface area (Å²) < 4.78 is 0. The predicted octanol–water partition coefficient (Wildman–Crippen LogP) is 2.52. The molecule has 3 amide bonds. The second-order valence-corrected chi connectivity index (χ2v) is 5.92. The number of carbonyl (C=O) groups is 2. The average Bonchev–Trinajstić information content (AvgIpc) is 2.61. The number of nitrogens with one attached hydrogen (secondary N) is 1. The van der Waals surface area contributed by atoms with Gasteiger partial charge in [-0.2, -0.15) is 0 Å². The van der Waals surface area contributed by atoms with Gasteiger partial charge in [0.25, 0.3) is 5.91 Å². The van der Waals surface area contributed by atoms with Gasteiger partial charge in [0.05, 0.1) is 0 Å². The maximum absolute atomic E-state index is 12.5. The molecule has 1 aliphatic heterocycles. The summed E-state index contributed by atoms with van der Waals surface area (Å²) in [5.74, 6) is 0.0543. The van der Waals surface area contributed by atoms with Crippen LogP contribution in [0.4, 0.5) is 4.79 Å². The lowest BCUT2D eigenvalue weighted by Gasteiger charge is -2.34. The Labute approximate surface area is 138 Å². The minimum absolute atomic E-state index is 0.0159. The van der Waals surface area contributed by atoms with E-state index >= 15 is 0 Å². The van der Waals surface area contributed by atoms with Gasteiger partial charge in [-0.3, -0.25) is 4.79 Å². The number of amides is 3. The third-order valence-corrected chi connectivity index (χ3v) is 4.27. The molecule has 1 fully saturated rings. The van der Waals surface area contributed by atoms with Gasteiger partial charge in [-0.1, -0.05) is 32.4 Å². The molecule has 0 aromatic heterocycles. The topological polar surface area (TPSA) is 52.7 Å². The van der Waals surface area contributed by atoms with Crippen molar-refractivity contribution < 1.29 is 9.59 Å². The van der Waals surface area contributed by atoms with E-state index in [-0.39, 0.29) is 11.9 Å². The van der Waals surface area contributed by atoms with Gasteiger partial charge < -0.3 is 15.1 Å². The maximum atomic E-state index is 12.5. The minimum atomic E-state index is -0.0159. The van der Waals surface area contributed by atoms with E-state index in [0.717, 1.165) is 31.4 Å². The Balaban J connectivity index is 1.83. The van der Waals surface area contributed by atoms with Gasteiger partial charge in [0.1, 0.15) is 0 Å². The summed E-state index contributed by atoms with van der Waals surface area (Å²) in [6, 6.07) is 7.78. The minimum Gasteiger partial charge on any atom is -0.338 e. The standard InChI is InChI=1S/C18H27N3O2/c1-3-5-10-19-18(23)21-13-11-20(12-14-21)17(22)16-8-6-15(4-2)7-9-16/h6-9H,3-5,10-14H2,1-2H3,(H,19,23). The second-order valence-electron chi connectivity index (χ2n) is 5.92. The molecule has 0 saturated carbocycles. The van der Waals surface area contributed by atoms with Gasteiger partial charge >= 0.3 is 6.03 Å². The van der Waals surface area contributed by atoms with Crippen LogP contribution in [-0.2, 0) is 6.42 Å². The summed E-state index contributed by atoms with van der Waals surface area (Å²) in [4.78, 5) is 28.1. The Morgan fingerprint density at radius 3 is 2.17 bits per heavy atom. The Morgan fingerprint density at radius 1 is 1.00 bits per heavy atom. The molecule has 0 bridgehead atoms. The number of carbonyl (C=O) groups excluding carboxylic acids is 2. The number of urea groups is 1. The van der Waals surface area contributed by atoms with Crippen LogP contribution in [0.1, 0.15) is 42.6 Å². The molecule has 0 unspecified atom stereocenters. The van der Waals surface area contributed by atoms with Crippen molar-refractivity contribution in [2.45, 2.75) is 33.1 Å². The zero-order chi connectivity index (χ0) is 16.7. The molecule has 1 aromatic rings. The van der Waals surface area contributed by atoms with E-state index in [1.165, 1.54) is 5.56 Å². The quantitative estimate of drug-likeness (QED) is 0.849. The first kappa shape index (κ1) is 17.3. The van der Waals surface area contributed by atoms with Crippen LogP contribution in [-0.4, -0.2) is 54.5 Å². The molecule has 1 N–H and O–H groups in total. The second kappa shape index (κ2) is 8.56.